The molecule has 0 N–H and O–H groups in total. The zero-order chi connectivity index (χ0) is 12.2. The summed E-state index contributed by atoms with van der Waals surface area (Å²) in [6.45, 7) is 2.27. The van der Waals surface area contributed by atoms with Crippen LogP contribution in [0.25, 0.3) is 11.3 Å². The molecule has 1 aliphatic heterocycles. The second kappa shape index (κ2) is 5.33. The number of aromatic nitrogens is 2. The predicted octanol–water partition coefficient (Wildman–Crippen LogP) is 2.31. The van der Waals surface area contributed by atoms with Gasteiger partial charge in [-0.3, -0.25) is 0 Å². The summed E-state index contributed by atoms with van der Waals surface area (Å²) >= 11 is 0. The molecule has 0 aliphatic carbocycles. The van der Waals surface area contributed by atoms with E-state index in [1.54, 1.807) is 0 Å². The lowest BCUT2D eigenvalue weighted by molar-refractivity contribution is -0.0489. The lowest BCUT2D eigenvalue weighted by Crippen LogP contribution is -2.12. The van der Waals surface area contributed by atoms with E-state index in [0.29, 0.717) is 13.2 Å². The highest BCUT2D eigenvalue weighted by atomic mass is 16.7. The highest BCUT2D eigenvalue weighted by Gasteiger charge is 2.16. The molecule has 1 aliphatic rings. The van der Waals surface area contributed by atoms with E-state index in [1.807, 2.05) is 30.7 Å². The fraction of sp³-hybridized carbons (Fsp3) is 0.357. The molecule has 0 saturated carbocycles. The smallest absolute Gasteiger partial charge is 0.159 e. The molecule has 2 aromatic rings. The molecule has 1 fully saturated rings. The average Bonchev–Trinajstić information content (AvgIpc) is 3.09. The number of hydrogen-bond donors (Lipinski definition) is 0. The Kier molecular flexibility index (Phi) is 3.39. The topological polar surface area (TPSA) is 36.3 Å². The minimum Gasteiger partial charge on any atom is -0.350 e. The van der Waals surface area contributed by atoms with Crippen molar-refractivity contribution >= 4 is 0 Å². The molecule has 94 valence electrons. The minimum absolute atomic E-state index is 0.0592. The summed E-state index contributed by atoms with van der Waals surface area (Å²) in [5.74, 6) is 0. The summed E-state index contributed by atoms with van der Waals surface area (Å²) in [5.41, 5.74) is 2.32. The van der Waals surface area contributed by atoms with Crippen molar-refractivity contribution in [3.8, 4) is 11.3 Å². The Hall–Kier alpha value is -1.65. The zero-order valence-electron chi connectivity index (χ0n) is 10.2. The maximum atomic E-state index is 5.44. The van der Waals surface area contributed by atoms with E-state index < -0.39 is 0 Å². The number of benzene rings is 1. The lowest BCUT2D eigenvalue weighted by Gasteiger charge is -2.11. The van der Waals surface area contributed by atoms with Crippen LogP contribution < -0.4 is 0 Å². The van der Waals surface area contributed by atoms with Crippen LogP contribution in [0.15, 0.2) is 42.9 Å². The molecule has 1 saturated heterocycles. The summed E-state index contributed by atoms with van der Waals surface area (Å²) < 4.78 is 13.0. The first-order valence-electron chi connectivity index (χ1n) is 6.22. The monoisotopic (exact) mass is 244 g/mol. The molecule has 4 heteroatoms. The molecule has 0 spiro atoms. The Bertz CT molecular complexity index is 490. The number of imidazole rings is 1. The highest BCUT2D eigenvalue weighted by Crippen LogP contribution is 2.19. The maximum Gasteiger partial charge on any atom is 0.159 e. The molecule has 18 heavy (non-hydrogen) atoms. The third kappa shape index (κ3) is 2.44. The highest BCUT2D eigenvalue weighted by molar-refractivity contribution is 5.58. The van der Waals surface area contributed by atoms with Gasteiger partial charge in [-0.15, -0.1) is 0 Å². The van der Waals surface area contributed by atoms with E-state index in [-0.39, 0.29) is 6.29 Å². The number of rotatable bonds is 4. The molecular weight excluding hydrogens is 228 g/mol. The van der Waals surface area contributed by atoms with E-state index in [0.717, 1.165) is 18.7 Å². The number of aryl methyl sites for hydroxylation is 1. The summed E-state index contributed by atoms with van der Waals surface area (Å²) in [6.07, 6.45) is 4.55. The molecule has 1 aromatic carbocycles. The van der Waals surface area contributed by atoms with Crippen LogP contribution in [0.1, 0.15) is 6.42 Å². The van der Waals surface area contributed by atoms with Crippen LogP contribution in [0, 0.1) is 0 Å². The second-order valence-corrected chi connectivity index (χ2v) is 4.30. The van der Waals surface area contributed by atoms with Crippen LogP contribution in [0.3, 0.4) is 0 Å². The van der Waals surface area contributed by atoms with Gasteiger partial charge in [-0.1, -0.05) is 30.3 Å². The Morgan fingerprint density at radius 1 is 1.17 bits per heavy atom. The van der Waals surface area contributed by atoms with Crippen molar-refractivity contribution in [2.75, 3.05) is 13.2 Å². The van der Waals surface area contributed by atoms with Gasteiger partial charge in [0.1, 0.15) is 0 Å². The van der Waals surface area contributed by atoms with Crippen molar-refractivity contribution in [3.63, 3.8) is 0 Å². The quantitative estimate of drug-likeness (QED) is 0.828. The molecule has 1 aromatic heterocycles. The maximum absolute atomic E-state index is 5.44. The first kappa shape index (κ1) is 11.4. The molecular formula is C14H16N2O2. The van der Waals surface area contributed by atoms with Gasteiger partial charge in [0.15, 0.2) is 6.29 Å². The third-order valence-electron chi connectivity index (χ3n) is 3.08. The van der Waals surface area contributed by atoms with Crippen LogP contribution in [0.2, 0.25) is 0 Å². The van der Waals surface area contributed by atoms with Crippen LogP contribution in [0.4, 0.5) is 0 Å². The zero-order valence-corrected chi connectivity index (χ0v) is 10.2. The van der Waals surface area contributed by atoms with Crippen molar-refractivity contribution in [1.29, 1.82) is 0 Å². The van der Waals surface area contributed by atoms with Crippen LogP contribution >= 0.6 is 0 Å². The van der Waals surface area contributed by atoms with Crippen molar-refractivity contribution in [2.24, 2.45) is 0 Å². The van der Waals surface area contributed by atoms with Gasteiger partial charge in [0, 0.05) is 13.0 Å². The normalized spacial score (nSPS) is 16.2. The standard InChI is InChI=1S/C14H16N2O2/c1-2-4-12(5-3-1)13-10-15-11-16(13)7-6-14-17-8-9-18-14/h1-5,10-11,14H,6-9H2. The van der Waals surface area contributed by atoms with Gasteiger partial charge < -0.3 is 14.0 Å². The van der Waals surface area contributed by atoms with E-state index in [9.17, 15) is 0 Å². The molecule has 3 rings (SSSR count). The Balaban J connectivity index is 1.71. The Morgan fingerprint density at radius 2 is 1.94 bits per heavy atom. The Labute approximate surface area is 106 Å². The van der Waals surface area contributed by atoms with Crippen molar-refractivity contribution in [2.45, 2.75) is 19.3 Å². The van der Waals surface area contributed by atoms with Gasteiger partial charge in [-0.25, -0.2) is 4.98 Å². The second-order valence-electron chi connectivity index (χ2n) is 4.30. The van der Waals surface area contributed by atoms with Gasteiger partial charge in [0.2, 0.25) is 0 Å². The Morgan fingerprint density at radius 3 is 2.72 bits per heavy atom. The van der Waals surface area contributed by atoms with E-state index in [2.05, 4.69) is 21.7 Å². The van der Waals surface area contributed by atoms with Crippen LogP contribution in [-0.2, 0) is 16.0 Å². The predicted molar refractivity (Wildman–Crippen MR) is 68.0 cm³/mol. The average molecular weight is 244 g/mol. The van der Waals surface area contributed by atoms with E-state index in [1.165, 1.54) is 5.56 Å². The van der Waals surface area contributed by atoms with Crippen LogP contribution in [-0.4, -0.2) is 29.1 Å². The number of nitrogens with zero attached hydrogens (tertiary/aromatic N) is 2. The molecule has 0 radical (unpaired) electrons. The number of ether oxygens (including phenoxy) is 2. The molecule has 0 atom stereocenters. The number of hydrogen-bond acceptors (Lipinski definition) is 3. The van der Waals surface area contributed by atoms with Gasteiger partial charge >= 0.3 is 0 Å². The van der Waals surface area contributed by atoms with Crippen LogP contribution in [0.5, 0.6) is 0 Å². The van der Waals surface area contributed by atoms with Crippen molar-refractivity contribution in [3.05, 3.63) is 42.9 Å². The summed E-state index contributed by atoms with van der Waals surface area (Å²) in [4.78, 5) is 4.23. The fourth-order valence-corrected chi connectivity index (χ4v) is 2.17. The van der Waals surface area contributed by atoms with Crippen molar-refractivity contribution < 1.29 is 9.47 Å². The summed E-state index contributed by atoms with van der Waals surface area (Å²) in [7, 11) is 0. The fourth-order valence-electron chi connectivity index (χ4n) is 2.17. The van der Waals surface area contributed by atoms with Gasteiger partial charge in [0.05, 0.1) is 31.4 Å². The first-order chi connectivity index (χ1) is 8.93. The summed E-state index contributed by atoms with van der Waals surface area (Å²) in [6, 6.07) is 10.3. The first-order valence-corrected chi connectivity index (χ1v) is 6.22. The minimum atomic E-state index is -0.0592. The van der Waals surface area contributed by atoms with E-state index >= 15 is 0 Å². The molecule has 0 unspecified atom stereocenters. The van der Waals surface area contributed by atoms with Gasteiger partial charge in [-0.2, -0.15) is 0 Å². The van der Waals surface area contributed by atoms with E-state index in [4.69, 9.17) is 9.47 Å². The SMILES string of the molecule is c1ccc(-c2cncn2CCC2OCCO2)cc1. The third-order valence-corrected chi connectivity index (χ3v) is 3.08. The molecule has 0 bridgehead atoms. The lowest BCUT2D eigenvalue weighted by atomic mass is 10.2. The van der Waals surface area contributed by atoms with Gasteiger partial charge in [0.25, 0.3) is 0 Å². The van der Waals surface area contributed by atoms with Gasteiger partial charge in [-0.05, 0) is 5.56 Å². The molecule has 4 nitrogen and oxygen atoms in total. The van der Waals surface area contributed by atoms with Crippen molar-refractivity contribution in [1.82, 2.24) is 9.55 Å². The molecule has 0 amide bonds. The largest absolute Gasteiger partial charge is 0.350 e. The summed E-state index contributed by atoms with van der Waals surface area (Å²) in [5, 5.41) is 0. The molecule has 2 heterocycles.